The number of hydrogen-bond donors (Lipinski definition) is 1. The summed E-state index contributed by atoms with van der Waals surface area (Å²) in [6.45, 7) is 4.25. The first kappa shape index (κ1) is 13.9. The van der Waals surface area contributed by atoms with Crippen LogP contribution in [0.5, 0.6) is 0 Å². The van der Waals surface area contributed by atoms with Crippen molar-refractivity contribution in [1.82, 2.24) is 14.9 Å². The molecule has 0 aliphatic carbocycles. The molecule has 0 bridgehead atoms. The largest absolute Gasteiger partial charge is 0.372 e. The van der Waals surface area contributed by atoms with Crippen molar-refractivity contribution in [3.8, 4) is 0 Å². The molecule has 1 N–H and O–H groups in total. The van der Waals surface area contributed by atoms with Gasteiger partial charge in [0.15, 0.2) is 5.82 Å². The van der Waals surface area contributed by atoms with Gasteiger partial charge in [-0.1, -0.05) is 0 Å². The number of nitrogens with one attached hydrogen (secondary N) is 1. The first-order chi connectivity index (χ1) is 10.0. The maximum atomic E-state index is 11.7. The standard InChI is InChI=1S/C14H16N4O2S/c1-7-8(2)21-14-12(7)13(15-3)16-9(17-14)6-18-10(19)4-5-11(18)20/h4-6H2,1-3H3,(H,15,16,17). The van der Waals surface area contributed by atoms with Crippen molar-refractivity contribution in [3.05, 3.63) is 16.3 Å². The zero-order chi connectivity index (χ0) is 15.1. The Balaban J connectivity index is 2.04. The molecule has 3 rings (SSSR count). The molecule has 0 saturated carbocycles. The molecule has 1 saturated heterocycles. The maximum absolute atomic E-state index is 11.7. The monoisotopic (exact) mass is 304 g/mol. The van der Waals surface area contributed by atoms with Crippen LogP contribution in [0.2, 0.25) is 0 Å². The third-order valence-corrected chi connectivity index (χ3v) is 4.87. The lowest BCUT2D eigenvalue weighted by Gasteiger charge is -2.13. The maximum Gasteiger partial charge on any atom is 0.230 e. The number of aromatic nitrogens is 2. The number of carbonyl (C=O) groups excluding carboxylic acids is 2. The van der Waals surface area contributed by atoms with Crippen molar-refractivity contribution >= 4 is 39.2 Å². The molecular weight excluding hydrogens is 288 g/mol. The molecule has 2 aromatic heterocycles. The molecular formula is C14H16N4O2S. The number of amides is 2. The van der Waals surface area contributed by atoms with Crippen LogP contribution in [0, 0.1) is 13.8 Å². The molecule has 1 aliphatic heterocycles. The molecule has 21 heavy (non-hydrogen) atoms. The van der Waals surface area contributed by atoms with Crippen LogP contribution in [-0.4, -0.2) is 33.7 Å². The molecule has 7 heteroatoms. The van der Waals surface area contributed by atoms with Gasteiger partial charge in [-0.25, -0.2) is 9.97 Å². The van der Waals surface area contributed by atoms with Crippen molar-refractivity contribution in [1.29, 1.82) is 0 Å². The fourth-order valence-corrected chi connectivity index (χ4v) is 3.53. The van der Waals surface area contributed by atoms with Gasteiger partial charge in [0.25, 0.3) is 0 Å². The zero-order valence-corrected chi connectivity index (χ0v) is 13.0. The van der Waals surface area contributed by atoms with E-state index >= 15 is 0 Å². The van der Waals surface area contributed by atoms with Crippen molar-refractivity contribution in [2.24, 2.45) is 0 Å². The Labute approximate surface area is 126 Å². The molecule has 1 aliphatic rings. The van der Waals surface area contributed by atoms with E-state index in [0.29, 0.717) is 5.82 Å². The van der Waals surface area contributed by atoms with Gasteiger partial charge >= 0.3 is 0 Å². The fraction of sp³-hybridized carbons (Fsp3) is 0.429. The Morgan fingerprint density at radius 3 is 2.48 bits per heavy atom. The van der Waals surface area contributed by atoms with Crippen LogP contribution >= 0.6 is 11.3 Å². The topological polar surface area (TPSA) is 75.2 Å². The first-order valence-electron chi connectivity index (χ1n) is 6.79. The summed E-state index contributed by atoms with van der Waals surface area (Å²) in [6, 6.07) is 0. The molecule has 2 amide bonds. The van der Waals surface area contributed by atoms with Crippen LogP contribution in [0.25, 0.3) is 10.2 Å². The van der Waals surface area contributed by atoms with Crippen LogP contribution in [0.15, 0.2) is 0 Å². The molecule has 0 unspecified atom stereocenters. The summed E-state index contributed by atoms with van der Waals surface area (Å²) < 4.78 is 0. The summed E-state index contributed by atoms with van der Waals surface area (Å²) in [4.78, 5) is 35.7. The molecule has 0 radical (unpaired) electrons. The van der Waals surface area contributed by atoms with Gasteiger partial charge in [0.1, 0.15) is 10.6 Å². The smallest absolute Gasteiger partial charge is 0.230 e. The Morgan fingerprint density at radius 1 is 1.19 bits per heavy atom. The van der Waals surface area contributed by atoms with E-state index in [4.69, 9.17) is 0 Å². The number of imide groups is 1. The lowest BCUT2D eigenvalue weighted by molar-refractivity contribution is -0.139. The minimum absolute atomic E-state index is 0.145. The summed E-state index contributed by atoms with van der Waals surface area (Å²) in [5, 5.41) is 4.10. The van der Waals surface area contributed by atoms with Crippen molar-refractivity contribution in [3.63, 3.8) is 0 Å². The SMILES string of the molecule is CNc1nc(CN2C(=O)CCC2=O)nc2sc(C)c(C)c12. The number of likely N-dealkylation sites (tertiary alicyclic amines) is 1. The zero-order valence-electron chi connectivity index (χ0n) is 12.2. The Bertz CT molecular complexity index is 737. The highest BCUT2D eigenvalue weighted by Gasteiger charge is 2.30. The molecule has 1 fully saturated rings. The van der Waals surface area contributed by atoms with Crippen molar-refractivity contribution < 1.29 is 9.59 Å². The quantitative estimate of drug-likeness (QED) is 0.878. The van der Waals surface area contributed by atoms with E-state index in [-0.39, 0.29) is 31.2 Å². The van der Waals surface area contributed by atoms with Gasteiger partial charge in [-0.3, -0.25) is 14.5 Å². The minimum Gasteiger partial charge on any atom is -0.372 e. The summed E-state index contributed by atoms with van der Waals surface area (Å²) >= 11 is 1.60. The van der Waals surface area contributed by atoms with E-state index in [1.54, 1.807) is 11.3 Å². The van der Waals surface area contributed by atoms with Crippen LogP contribution in [0.1, 0.15) is 29.1 Å². The predicted octanol–water partition coefficient (Wildman–Crippen LogP) is 2.00. The second-order valence-corrected chi connectivity index (χ2v) is 6.28. The number of nitrogens with zero attached hydrogens (tertiary/aromatic N) is 3. The van der Waals surface area contributed by atoms with E-state index in [0.717, 1.165) is 16.0 Å². The summed E-state index contributed by atoms with van der Waals surface area (Å²) in [7, 11) is 1.81. The van der Waals surface area contributed by atoms with Crippen LogP contribution < -0.4 is 5.32 Å². The van der Waals surface area contributed by atoms with Gasteiger partial charge in [-0.2, -0.15) is 0 Å². The summed E-state index contributed by atoms with van der Waals surface area (Å²) in [5.74, 6) is 0.953. The number of aryl methyl sites for hydroxylation is 2. The molecule has 3 heterocycles. The number of rotatable bonds is 3. The highest BCUT2D eigenvalue weighted by Crippen LogP contribution is 2.33. The van der Waals surface area contributed by atoms with E-state index in [1.165, 1.54) is 15.3 Å². The van der Waals surface area contributed by atoms with Gasteiger partial charge in [-0.05, 0) is 19.4 Å². The van der Waals surface area contributed by atoms with Gasteiger partial charge in [-0.15, -0.1) is 11.3 Å². The lowest BCUT2D eigenvalue weighted by atomic mass is 10.2. The van der Waals surface area contributed by atoms with Gasteiger partial charge < -0.3 is 5.32 Å². The number of hydrogen-bond acceptors (Lipinski definition) is 6. The van der Waals surface area contributed by atoms with E-state index in [1.807, 2.05) is 20.9 Å². The summed E-state index contributed by atoms with van der Waals surface area (Å²) in [5.41, 5.74) is 1.17. The second kappa shape index (κ2) is 5.07. The summed E-state index contributed by atoms with van der Waals surface area (Å²) in [6.07, 6.45) is 0.578. The van der Waals surface area contributed by atoms with Gasteiger partial charge in [0.05, 0.1) is 11.9 Å². The van der Waals surface area contributed by atoms with Crippen molar-refractivity contribution in [2.45, 2.75) is 33.2 Å². The van der Waals surface area contributed by atoms with Crippen LogP contribution in [0.3, 0.4) is 0 Å². The predicted molar refractivity (Wildman–Crippen MR) is 81.2 cm³/mol. The number of fused-ring (bicyclic) bond motifs is 1. The highest BCUT2D eigenvalue weighted by atomic mass is 32.1. The number of thiophene rings is 1. The fourth-order valence-electron chi connectivity index (χ4n) is 2.49. The molecule has 2 aromatic rings. The first-order valence-corrected chi connectivity index (χ1v) is 7.60. The lowest BCUT2D eigenvalue weighted by Crippen LogP contribution is -2.29. The van der Waals surface area contributed by atoms with Crippen LogP contribution in [0.4, 0.5) is 5.82 Å². The van der Waals surface area contributed by atoms with Crippen molar-refractivity contribution in [2.75, 3.05) is 12.4 Å². The average molecular weight is 304 g/mol. The minimum atomic E-state index is -0.145. The molecule has 110 valence electrons. The van der Waals surface area contributed by atoms with E-state index in [9.17, 15) is 9.59 Å². The van der Waals surface area contributed by atoms with Crippen LogP contribution in [-0.2, 0) is 16.1 Å². The number of carbonyl (C=O) groups is 2. The molecule has 0 atom stereocenters. The van der Waals surface area contributed by atoms with Gasteiger partial charge in [0, 0.05) is 24.8 Å². The Morgan fingerprint density at radius 2 is 1.86 bits per heavy atom. The third-order valence-electron chi connectivity index (χ3n) is 3.77. The highest BCUT2D eigenvalue weighted by molar-refractivity contribution is 7.18. The Kier molecular flexibility index (Phi) is 3.36. The van der Waals surface area contributed by atoms with E-state index < -0.39 is 0 Å². The normalized spacial score (nSPS) is 15.3. The van der Waals surface area contributed by atoms with E-state index in [2.05, 4.69) is 15.3 Å². The second-order valence-electron chi connectivity index (χ2n) is 5.08. The average Bonchev–Trinajstić information content (AvgIpc) is 2.92. The molecule has 6 nitrogen and oxygen atoms in total. The number of anilines is 1. The molecule has 0 aromatic carbocycles. The molecule has 0 spiro atoms. The van der Waals surface area contributed by atoms with Gasteiger partial charge in [0.2, 0.25) is 11.8 Å². The Hall–Kier alpha value is -2.02. The third kappa shape index (κ3) is 2.27.